The van der Waals surface area contributed by atoms with Crippen molar-refractivity contribution in [1.29, 1.82) is 0 Å². The summed E-state index contributed by atoms with van der Waals surface area (Å²) >= 11 is 1.86. The lowest BCUT2D eigenvalue weighted by Crippen LogP contribution is -2.11. The fourth-order valence-corrected chi connectivity index (χ4v) is 9.80. The van der Waals surface area contributed by atoms with Crippen molar-refractivity contribution in [3.8, 4) is 55.6 Å². The van der Waals surface area contributed by atoms with Gasteiger partial charge in [0.05, 0.1) is 5.69 Å². The highest BCUT2D eigenvalue weighted by molar-refractivity contribution is 7.25. The molecule has 0 aliphatic carbocycles. The molecule has 282 valence electrons. The van der Waals surface area contributed by atoms with E-state index in [1.807, 2.05) is 11.3 Å². The van der Waals surface area contributed by atoms with Gasteiger partial charge in [0.15, 0.2) is 0 Å². The minimum atomic E-state index is 1.10. The Balaban J connectivity index is 0.929. The van der Waals surface area contributed by atoms with Crippen molar-refractivity contribution in [3.05, 3.63) is 237 Å². The van der Waals surface area contributed by atoms with Crippen molar-refractivity contribution in [1.82, 2.24) is 0 Å². The zero-order valence-electron chi connectivity index (χ0n) is 32.9. The van der Waals surface area contributed by atoms with E-state index < -0.39 is 0 Å². The summed E-state index contributed by atoms with van der Waals surface area (Å²) in [6.45, 7) is 0. The zero-order valence-corrected chi connectivity index (χ0v) is 33.7. The lowest BCUT2D eigenvalue weighted by Gasteiger charge is -2.28. The van der Waals surface area contributed by atoms with E-state index in [0.717, 1.165) is 17.1 Å². The number of fused-ring (bicyclic) bond motifs is 4. The fraction of sp³-hybridized carbons (Fsp3) is 0. The molecular formula is C58H39NS. The molecule has 10 aromatic carbocycles. The van der Waals surface area contributed by atoms with Crippen LogP contribution in [-0.2, 0) is 0 Å². The van der Waals surface area contributed by atoms with Crippen molar-refractivity contribution in [2.45, 2.75) is 0 Å². The maximum atomic E-state index is 2.39. The van der Waals surface area contributed by atoms with Crippen molar-refractivity contribution in [3.63, 3.8) is 0 Å². The number of para-hydroxylation sites is 1. The maximum absolute atomic E-state index is 2.39. The minimum absolute atomic E-state index is 1.10. The third-order valence-corrected chi connectivity index (χ3v) is 12.8. The second-order valence-corrected chi connectivity index (χ2v) is 16.4. The molecule has 0 atom stereocenters. The summed E-state index contributed by atoms with van der Waals surface area (Å²) in [5.41, 5.74) is 15.4. The Morgan fingerprint density at radius 3 is 1.53 bits per heavy atom. The van der Waals surface area contributed by atoms with Crippen LogP contribution in [0.15, 0.2) is 237 Å². The van der Waals surface area contributed by atoms with Gasteiger partial charge >= 0.3 is 0 Å². The van der Waals surface area contributed by atoms with Gasteiger partial charge in [-0.15, -0.1) is 11.3 Å². The number of benzene rings is 10. The van der Waals surface area contributed by atoms with Gasteiger partial charge in [0.25, 0.3) is 0 Å². The summed E-state index contributed by atoms with van der Waals surface area (Å²) in [6, 6.07) is 86.0. The highest BCUT2D eigenvalue weighted by Crippen LogP contribution is 2.44. The van der Waals surface area contributed by atoms with Gasteiger partial charge < -0.3 is 4.90 Å². The molecule has 1 heterocycles. The molecular weight excluding hydrogens is 743 g/mol. The van der Waals surface area contributed by atoms with Crippen molar-refractivity contribution < 1.29 is 0 Å². The monoisotopic (exact) mass is 781 g/mol. The van der Waals surface area contributed by atoms with Crippen LogP contribution in [0.1, 0.15) is 0 Å². The molecule has 0 aliphatic rings. The number of hydrogen-bond donors (Lipinski definition) is 0. The standard InChI is InChI=1S/C58H39NS/c1-2-13-44(14-3-1)52-18-6-8-21-55(52)59(51-36-32-45(33-37-51)53-20-11-23-57-58(53)54-19-7-9-22-56(54)60-57)50-34-30-42(31-35-50)41-24-26-43(27-25-41)47-16-10-17-48(38-47)49-29-28-40-12-4-5-15-46(40)39-49/h1-39H. The molecule has 11 aromatic rings. The maximum Gasteiger partial charge on any atom is 0.0540 e. The topological polar surface area (TPSA) is 3.24 Å². The highest BCUT2D eigenvalue weighted by atomic mass is 32.1. The van der Waals surface area contributed by atoms with Crippen LogP contribution in [0.25, 0.3) is 86.6 Å². The van der Waals surface area contributed by atoms with Gasteiger partial charge in [0, 0.05) is 37.1 Å². The van der Waals surface area contributed by atoms with Crippen molar-refractivity contribution in [2.24, 2.45) is 0 Å². The predicted molar refractivity (Wildman–Crippen MR) is 259 cm³/mol. The van der Waals surface area contributed by atoms with E-state index in [1.165, 1.54) is 86.6 Å². The Morgan fingerprint density at radius 2 is 0.767 bits per heavy atom. The first-order valence-corrected chi connectivity index (χ1v) is 21.3. The van der Waals surface area contributed by atoms with Crippen LogP contribution in [-0.4, -0.2) is 0 Å². The first kappa shape index (κ1) is 35.6. The third-order valence-electron chi connectivity index (χ3n) is 11.7. The molecule has 1 nitrogen and oxygen atoms in total. The van der Waals surface area contributed by atoms with Gasteiger partial charge in [-0.2, -0.15) is 0 Å². The van der Waals surface area contributed by atoms with Crippen LogP contribution >= 0.6 is 11.3 Å². The first-order valence-electron chi connectivity index (χ1n) is 20.5. The molecule has 1 aromatic heterocycles. The van der Waals surface area contributed by atoms with Crippen molar-refractivity contribution >= 4 is 59.3 Å². The van der Waals surface area contributed by atoms with E-state index in [0.29, 0.717) is 0 Å². The van der Waals surface area contributed by atoms with Crippen molar-refractivity contribution in [2.75, 3.05) is 4.90 Å². The summed E-state index contributed by atoms with van der Waals surface area (Å²) < 4.78 is 2.64. The molecule has 0 aliphatic heterocycles. The molecule has 0 saturated heterocycles. The van der Waals surface area contributed by atoms with Gasteiger partial charge in [-0.1, -0.05) is 182 Å². The summed E-state index contributed by atoms with van der Waals surface area (Å²) in [4.78, 5) is 2.39. The van der Waals surface area contributed by atoms with Crippen LogP contribution in [0, 0.1) is 0 Å². The second-order valence-electron chi connectivity index (χ2n) is 15.3. The number of hydrogen-bond acceptors (Lipinski definition) is 2. The van der Waals surface area contributed by atoms with E-state index in [2.05, 4.69) is 241 Å². The molecule has 0 unspecified atom stereocenters. The van der Waals surface area contributed by atoms with Gasteiger partial charge in [-0.25, -0.2) is 0 Å². The average molecular weight is 782 g/mol. The molecule has 0 bridgehead atoms. The summed E-state index contributed by atoms with van der Waals surface area (Å²) in [6.07, 6.45) is 0. The molecule has 11 rings (SSSR count). The molecule has 0 saturated carbocycles. The van der Waals surface area contributed by atoms with Gasteiger partial charge in [0.1, 0.15) is 0 Å². The summed E-state index contributed by atoms with van der Waals surface area (Å²) in [7, 11) is 0. The van der Waals surface area contributed by atoms with Crippen LogP contribution in [0.2, 0.25) is 0 Å². The molecule has 0 amide bonds. The fourth-order valence-electron chi connectivity index (χ4n) is 8.67. The van der Waals surface area contributed by atoms with E-state index >= 15 is 0 Å². The molecule has 0 spiro atoms. The minimum Gasteiger partial charge on any atom is -0.310 e. The summed E-state index contributed by atoms with van der Waals surface area (Å²) in [5, 5.41) is 5.16. The number of thiophene rings is 1. The Labute approximate surface area is 354 Å². The Bertz CT molecular complexity index is 3290. The van der Waals surface area contributed by atoms with E-state index in [1.54, 1.807) is 0 Å². The molecule has 0 radical (unpaired) electrons. The van der Waals surface area contributed by atoms with E-state index in [9.17, 15) is 0 Å². The summed E-state index contributed by atoms with van der Waals surface area (Å²) in [5.74, 6) is 0. The molecule has 60 heavy (non-hydrogen) atoms. The Morgan fingerprint density at radius 1 is 0.283 bits per heavy atom. The lowest BCUT2D eigenvalue weighted by molar-refractivity contribution is 1.28. The van der Waals surface area contributed by atoms with Crippen LogP contribution < -0.4 is 4.90 Å². The normalized spacial score (nSPS) is 11.3. The molecule has 2 heteroatoms. The van der Waals surface area contributed by atoms with Crippen LogP contribution in [0.3, 0.4) is 0 Å². The molecule has 0 N–H and O–H groups in total. The Kier molecular flexibility index (Phi) is 9.11. The molecule has 0 fully saturated rings. The first-order chi connectivity index (χ1) is 29.7. The van der Waals surface area contributed by atoms with Gasteiger partial charge in [-0.05, 0) is 115 Å². The predicted octanol–water partition coefficient (Wildman–Crippen LogP) is 17.0. The zero-order chi connectivity index (χ0) is 39.8. The van der Waals surface area contributed by atoms with Crippen LogP contribution in [0.5, 0.6) is 0 Å². The quantitative estimate of drug-likeness (QED) is 0.148. The number of anilines is 3. The van der Waals surface area contributed by atoms with Crippen LogP contribution in [0.4, 0.5) is 17.1 Å². The van der Waals surface area contributed by atoms with E-state index in [4.69, 9.17) is 0 Å². The SMILES string of the molecule is c1ccc(-c2ccccc2N(c2ccc(-c3ccc(-c4cccc(-c5ccc6ccccc6c5)c4)cc3)cc2)c2ccc(-c3cccc4sc5ccccc5c34)cc2)cc1. The van der Waals surface area contributed by atoms with Gasteiger partial charge in [0.2, 0.25) is 0 Å². The number of nitrogens with zero attached hydrogens (tertiary/aromatic N) is 1. The van der Waals surface area contributed by atoms with E-state index in [-0.39, 0.29) is 0 Å². The third kappa shape index (κ3) is 6.63. The Hall–Kier alpha value is -7.52. The average Bonchev–Trinajstić information content (AvgIpc) is 3.72. The number of rotatable bonds is 8. The smallest absolute Gasteiger partial charge is 0.0540 e. The largest absolute Gasteiger partial charge is 0.310 e. The van der Waals surface area contributed by atoms with Gasteiger partial charge in [-0.3, -0.25) is 0 Å². The second kappa shape index (κ2) is 15.3. The highest BCUT2D eigenvalue weighted by Gasteiger charge is 2.18. The lowest BCUT2D eigenvalue weighted by atomic mass is 9.96.